The molecule has 1 saturated heterocycles. The quantitative estimate of drug-likeness (QED) is 0.708. The second-order valence-electron chi connectivity index (χ2n) is 10.6. The molecule has 7 heteroatoms. The molecule has 172 valence electrons. The number of hydrogen-bond acceptors (Lipinski definition) is 4. The van der Waals surface area contributed by atoms with Gasteiger partial charge in [-0.15, -0.1) is 0 Å². The number of rotatable bonds is 5. The highest BCUT2D eigenvalue weighted by Gasteiger charge is 2.69. The van der Waals surface area contributed by atoms with Crippen LogP contribution in [-0.4, -0.2) is 40.6 Å². The smallest absolute Gasteiger partial charge is 0.257 e. The Labute approximate surface area is 189 Å². The van der Waals surface area contributed by atoms with Crippen molar-refractivity contribution in [3.8, 4) is 0 Å². The number of amides is 4. The predicted octanol–water partition coefficient (Wildman–Crippen LogP) is 3.73. The van der Waals surface area contributed by atoms with Crippen LogP contribution in [-0.2, 0) is 19.2 Å². The van der Waals surface area contributed by atoms with Crippen molar-refractivity contribution in [1.29, 1.82) is 0 Å². The summed E-state index contributed by atoms with van der Waals surface area (Å²) in [5.74, 6) is -0.954. The van der Waals surface area contributed by atoms with Crippen molar-refractivity contribution in [1.82, 2.24) is 4.90 Å². The SMILES string of the molecule is CC(=O)Nc1ccc(N2C(=O)CC(N(C(=O)C3C(C)(C)C3(C)C)C3CCCC3)C2=O)cc1. The van der Waals surface area contributed by atoms with Crippen molar-refractivity contribution >= 4 is 35.0 Å². The molecule has 1 unspecified atom stereocenters. The minimum Gasteiger partial charge on any atom is -0.327 e. The summed E-state index contributed by atoms with van der Waals surface area (Å²) in [4.78, 5) is 54.4. The lowest BCUT2D eigenvalue weighted by atomic mass is 10.0. The van der Waals surface area contributed by atoms with Crippen molar-refractivity contribution in [2.45, 2.75) is 78.8 Å². The molecule has 3 aliphatic rings. The van der Waals surface area contributed by atoms with Crippen LogP contribution in [0.1, 0.15) is 66.7 Å². The second-order valence-corrected chi connectivity index (χ2v) is 10.6. The molecule has 1 atom stereocenters. The third-order valence-corrected chi connectivity index (χ3v) is 8.14. The molecule has 4 rings (SSSR count). The largest absolute Gasteiger partial charge is 0.327 e. The first-order valence-electron chi connectivity index (χ1n) is 11.5. The minimum absolute atomic E-state index is 0.0125. The molecule has 0 radical (unpaired) electrons. The Balaban J connectivity index is 1.60. The van der Waals surface area contributed by atoms with Gasteiger partial charge in [-0.25, -0.2) is 4.90 Å². The third-order valence-electron chi connectivity index (χ3n) is 8.14. The zero-order valence-electron chi connectivity index (χ0n) is 19.6. The second kappa shape index (κ2) is 7.71. The molecule has 0 spiro atoms. The van der Waals surface area contributed by atoms with Gasteiger partial charge in [-0.2, -0.15) is 0 Å². The minimum atomic E-state index is -0.750. The van der Waals surface area contributed by atoms with Gasteiger partial charge in [0.1, 0.15) is 6.04 Å². The van der Waals surface area contributed by atoms with Gasteiger partial charge >= 0.3 is 0 Å². The highest BCUT2D eigenvalue weighted by Crippen LogP contribution is 2.69. The number of imide groups is 1. The fourth-order valence-corrected chi connectivity index (χ4v) is 5.73. The van der Waals surface area contributed by atoms with Crippen molar-refractivity contribution in [2.24, 2.45) is 16.7 Å². The van der Waals surface area contributed by atoms with E-state index >= 15 is 0 Å². The fraction of sp³-hybridized carbons (Fsp3) is 0.600. The molecule has 2 aliphatic carbocycles. The van der Waals surface area contributed by atoms with Gasteiger partial charge < -0.3 is 10.2 Å². The van der Waals surface area contributed by atoms with Crippen molar-refractivity contribution in [2.75, 3.05) is 10.2 Å². The van der Waals surface area contributed by atoms with E-state index in [4.69, 9.17) is 0 Å². The third kappa shape index (κ3) is 3.51. The molecule has 1 aromatic rings. The fourth-order valence-electron chi connectivity index (χ4n) is 5.73. The van der Waals surface area contributed by atoms with E-state index in [2.05, 4.69) is 33.0 Å². The number of carbonyl (C=O) groups is 4. The lowest BCUT2D eigenvalue weighted by Gasteiger charge is -2.34. The normalized spacial score (nSPS) is 24.7. The van der Waals surface area contributed by atoms with Gasteiger partial charge in [0.2, 0.25) is 17.7 Å². The number of carbonyl (C=O) groups excluding carboxylic acids is 4. The summed E-state index contributed by atoms with van der Waals surface area (Å²) in [6.45, 7) is 9.84. The lowest BCUT2D eigenvalue weighted by molar-refractivity contribution is -0.143. The van der Waals surface area contributed by atoms with E-state index in [0.717, 1.165) is 25.7 Å². The molecule has 1 N–H and O–H groups in total. The average molecular weight is 440 g/mol. The number of benzene rings is 1. The van der Waals surface area contributed by atoms with Crippen LogP contribution in [0.2, 0.25) is 0 Å². The van der Waals surface area contributed by atoms with Crippen LogP contribution in [0, 0.1) is 16.7 Å². The summed E-state index contributed by atoms with van der Waals surface area (Å²) in [5.41, 5.74) is 0.790. The molecular formula is C25H33N3O4. The summed E-state index contributed by atoms with van der Waals surface area (Å²) in [6.07, 6.45) is 3.84. The Morgan fingerprint density at radius 2 is 1.56 bits per heavy atom. The van der Waals surface area contributed by atoms with Gasteiger partial charge in [0, 0.05) is 24.6 Å². The molecule has 1 aromatic carbocycles. The summed E-state index contributed by atoms with van der Waals surface area (Å²) in [6, 6.07) is 5.90. The van der Waals surface area contributed by atoms with Crippen LogP contribution in [0.15, 0.2) is 24.3 Å². The Morgan fingerprint density at radius 1 is 1.00 bits per heavy atom. The maximum absolute atomic E-state index is 13.8. The van der Waals surface area contributed by atoms with Gasteiger partial charge in [0.05, 0.1) is 12.1 Å². The van der Waals surface area contributed by atoms with Crippen molar-refractivity contribution in [3.63, 3.8) is 0 Å². The van der Waals surface area contributed by atoms with Gasteiger partial charge in [-0.05, 0) is 47.9 Å². The van der Waals surface area contributed by atoms with Crippen LogP contribution in [0.5, 0.6) is 0 Å². The number of hydrogen-bond donors (Lipinski definition) is 1. The highest BCUT2D eigenvalue weighted by molar-refractivity contribution is 6.23. The maximum Gasteiger partial charge on any atom is 0.257 e. The van der Waals surface area contributed by atoms with E-state index in [1.54, 1.807) is 29.2 Å². The van der Waals surface area contributed by atoms with Crippen molar-refractivity contribution < 1.29 is 19.2 Å². The first-order chi connectivity index (χ1) is 15.0. The van der Waals surface area contributed by atoms with Gasteiger partial charge in [-0.3, -0.25) is 19.2 Å². The van der Waals surface area contributed by atoms with E-state index < -0.39 is 6.04 Å². The summed E-state index contributed by atoms with van der Waals surface area (Å²) in [7, 11) is 0. The molecule has 4 amide bonds. The summed E-state index contributed by atoms with van der Waals surface area (Å²) in [5, 5.41) is 2.68. The van der Waals surface area contributed by atoms with Crippen LogP contribution in [0.3, 0.4) is 0 Å². The van der Waals surface area contributed by atoms with Gasteiger partial charge in [0.25, 0.3) is 5.91 Å². The zero-order chi connectivity index (χ0) is 23.4. The Bertz CT molecular complexity index is 946. The zero-order valence-corrected chi connectivity index (χ0v) is 19.6. The van der Waals surface area contributed by atoms with Gasteiger partial charge in [-0.1, -0.05) is 40.5 Å². The monoisotopic (exact) mass is 439 g/mol. The summed E-state index contributed by atoms with van der Waals surface area (Å²) >= 11 is 0. The molecular weight excluding hydrogens is 406 g/mol. The summed E-state index contributed by atoms with van der Waals surface area (Å²) < 4.78 is 0. The molecule has 32 heavy (non-hydrogen) atoms. The van der Waals surface area contributed by atoms with Crippen LogP contribution in [0.25, 0.3) is 0 Å². The van der Waals surface area contributed by atoms with Gasteiger partial charge in [0.15, 0.2) is 0 Å². The standard InChI is InChI=1S/C25H33N3O4/c1-15(29)26-16-10-12-18(13-11-16)28-20(30)14-19(22(28)31)27(17-8-6-7-9-17)23(32)21-24(2,3)25(21,4)5/h10-13,17,19,21H,6-9,14H2,1-5H3,(H,26,29). The molecule has 0 aromatic heterocycles. The van der Waals surface area contributed by atoms with E-state index in [1.165, 1.54) is 11.8 Å². The number of nitrogens with one attached hydrogen (secondary N) is 1. The van der Waals surface area contributed by atoms with Crippen LogP contribution < -0.4 is 10.2 Å². The van der Waals surface area contributed by atoms with E-state index in [-0.39, 0.29) is 52.8 Å². The molecule has 7 nitrogen and oxygen atoms in total. The topological polar surface area (TPSA) is 86.8 Å². The Kier molecular flexibility index (Phi) is 5.42. The molecule has 1 aliphatic heterocycles. The number of anilines is 2. The first kappa shape index (κ1) is 22.5. The van der Waals surface area contributed by atoms with Crippen LogP contribution in [0.4, 0.5) is 11.4 Å². The Morgan fingerprint density at radius 3 is 2.06 bits per heavy atom. The Hall–Kier alpha value is -2.70. The average Bonchev–Trinajstić information content (AvgIpc) is 3.13. The van der Waals surface area contributed by atoms with Crippen LogP contribution >= 0.6 is 0 Å². The first-order valence-corrected chi connectivity index (χ1v) is 11.5. The molecule has 2 saturated carbocycles. The van der Waals surface area contributed by atoms with E-state index in [1.807, 2.05) is 0 Å². The van der Waals surface area contributed by atoms with E-state index in [0.29, 0.717) is 11.4 Å². The molecule has 3 fully saturated rings. The molecule has 1 heterocycles. The molecule has 0 bridgehead atoms. The van der Waals surface area contributed by atoms with Crippen molar-refractivity contribution in [3.05, 3.63) is 24.3 Å². The number of nitrogens with zero attached hydrogens (tertiary/aromatic N) is 2. The highest BCUT2D eigenvalue weighted by atomic mass is 16.2. The predicted molar refractivity (Wildman–Crippen MR) is 122 cm³/mol. The van der Waals surface area contributed by atoms with E-state index in [9.17, 15) is 19.2 Å². The lowest BCUT2D eigenvalue weighted by Crippen LogP contribution is -2.51. The maximum atomic E-state index is 13.8.